The maximum Gasteiger partial charge on any atom is 0.225 e. The molecule has 1 saturated heterocycles. The summed E-state index contributed by atoms with van der Waals surface area (Å²) in [4.78, 5) is 13.4. The van der Waals surface area contributed by atoms with E-state index in [-0.39, 0.29) is 6.61 Å². The molecule has 1 aromatic rings. The molecule has 2 heterocycles. The van der Waals surface area contributed by atoms with Gasteiger partial charge in [0.25, 0.3) is 0 Å². The van der Waals surface area contributed by atoms with Crippen molar-refractivity contribution >= 4 is 5.95 Å². The van der Waals surface area contributed by atoms with Gasteiger partial charge in [-0.1, -0.05) is 0 Å². The first-order chi connectivity index (χ1) is 9.86. The number of aromatic nitrogens is 2. The summed E-state index contributed by atoms with van der Waals surface area (Å²) in [5.41, 5.74) is 1.11. The molecule has 3 rings (SSSR count). The van der Waals surface area contributed by atoms with Crippen LogP contribution in [0.1, 0.15) is 18.4 Å². The molecular formula is C14H22N4O2. The zero-order valence-corrected chi connectivity index (χ0v) is 11.7. The van der Waals surface area contributed by atoms with Crippen LogP contribution in [0, 0.1) is 0 Å². The van der Waals surface area contributed by atoms with Crippen LogP contribution in [0.4, 0.5) is 5.95 Å². The number of aliphatic hydroxyl groups is 1. The van der Waals surface area contributed by atoms with Crippen LogP contribution in [-0.2, 0) is 11.3 Å². The molecule has 1 aliphatic carbocycles. The molecule has 2 aliphatic rings. The lowest BCUT2D eigenvalue weighted by Crippen LogP contribution is -2.37. The van der Waals surface area contributed by atoms with Gasteiger partial charge in [-0.15, -0.1) is 0 Å². The number of ether oxygens (including phenoxy) is 1. The number of morpholine rings is 1. The third-order valence-electron chi connectivity index (χ3n) is 3.82. The highest BCUT2D eigenvalue weighted by Crippen LogP contribution is 2.27. The lowest BCUT2D eigenvalue weighted by molar-refractivity contribution is 0.122. The molecule has 0 bridgehead atoms. The van der Waals surface area contributed by atoms with Crippen LogP contribution in [0.2, 0.25) is 0 Å². The first kappa shape index (κ1) is 13.7. The largest absolute Gasteiger partial charge is 0.395 e. The maximum atomic E-state index is 9.11. The molecule has 1 aromatic heterocycles. The predicted molar refractivity (Wildman–Crippen MR) is 75.6 cm³/mol. The highest BCUT2D eigenvalue weighted by Gasteiger charge is 2.28. The summed E-state index contributed by atoms with van der Waals surface area (Å²) >= 11 is 0. The van der Waals surface area contributed by atoms with Crippen molar-refractivity contribution in [2.24, 2.45) is 0 Å². The first-order valence-electron chi connectivity index (χ1n) is 7.35. The molecule has 0 aromatic carbocycles. The van der Waals surface area contributed by atoms with E-state index in [4.69, 9.17) is 9.84 Å². The van der Waals surface area contributed by atoms with Crippen LogP contribution >= 0.6 is 0 Å². The molecule has 1 N–H and O–H groups in total. The molecule has 2 fully saturated rings. The third-order valence-corrected chi connectivity index (χ3v) is 3.82. The third kappa shape index (κ3) is 3.45. The standard InChI is InChI=1S/C14H22N4O2/c19-6-3-18(13-1-2-13)11-12-9-15-14(16-10-12)17-4-7-20-8-5-17/h9-10,13,19H,1-8,11H2. The smallest absolute Gasteiger partial charge is 0.225 e. The minimum atomic E-state index is 0.212. The number of nitrogens with zero attached hydrogens (tertiary/aromatic N) is 4. The molecule has 110 valence electrons. The zero-order chi connectivity index (χ0) is 13.8. The molecule has 6 heteroatoms. The van der Waals surface area contributed by atoms with E-state index < -0.39 is 0 Å². The lowest BCUT2D eigenvalue weighted by Gasteiger charge is -2.27. The van der Waals surface area contributed by atoms with Gasteiger partial charge in [0.15, 0.2) is 0 Å². The van der Waals surface area contributed by atoms with Gasteiger partial charge in [-0.05, 0) is 12.8 Å². The first-order valence-corrected chi connectivity index (χ1v) is 7.35. The van der Waals surface area contributed by atoms with Gasteiger partial charge in [-0.25, -0.2) is 9.97 Å². The van der Waals surface area contributed by atoms with E-state index >= 15 is 0 Å². The van der Waals surface area contributed by atoms with Crippen LogP contribution in [-0.4, -0.2) is 65.5 Å². The summed E-state index contributed by atoms with van der Waals surface area (Å²) in [6.07, 6.45) is 6.30. The van der Waals surface area contributed by atoms with Gasteiger partial charge < -0.3 is 14.7 Å². The van der Waals surface area contributed by atoms with Gasteiger partial charge in [0, 0.05) is 50.2 Å². The average molecular weight is 278 g/mol. The Bertz CT molecular complexity index is 416. The van der Waals surface area contributed by atoms with E-state index in [2.05, 4.69) is 19.8 Å². The predicted octanol–water partition coefficient (Wildman–Crippen LogP) is 0.270. The fraction of sp³-hybridized carbons (Fsp3) is 0.714. The van der Waals surface area contributed by atoms with Crippen LogP contribution in [0.5, 0.6) is 0 Å². The molecule has 6 nitrogen and oxygen atoms in total. The van der Waals surface area contributed by atoms with Crippen molar-refractivity contribution in [3.8, 4) is 0 Å². The van der Waals surface area contributed by atoms with Gasteiger partial charge in [0.05, 0.1) is 19.8 Å². The Hall–Kier alpha value is -1.24. The van der Waals surface area contributed by atoms with Crippen molar-refractivity contribution in [2.75, 3.05) is 44.4 Å². The molecule has 0 amide bonds. The van der Waals surface area contributed by atoms with Gasteiger partial charge in [0.1, 0.15) is 0 Å². The lowest BCUT2D eigenvalue weighted by atomic mass is 10.3. The number of hydrogen-bond donors (Lipinski definition) is 1. The topological polar surface area (TPSA) is 61.7 Å². The Morgan fingerprint density at radius 1 is 1.25 bits per heavy atom. The fourth-order valence-electron chi connectivity index (χ4n) is 2.55. The SMILES string of the molecule is OCCN(Cc1cnc(N2CCOCC2)nc1)C1CC1. The summed E-state index contributed by atoms with van der Waals surface area (Å²) in [5, 5.41) is 9.11. The van der Waals surface area contributed by atoms with E-state index in [0.717, 1.165) is 50.9 Å². The van der Waals surface area contributed by atoms with Gasteiger partial charge >= 0.3 is 0 Å². The van der Waals surface area contributed by atoms with Crippen molar-refractivity contribution in [1.82, 2.24) is 14.9 Å². The number of hydrogen-bond acceptors (Lipinski definition) is 6. The van der Waals surface area contributed by atoms with Gasteiger partial charge in [0.2, 0.25) is 5.95 Å². The van der Waals surface area contributed by atoms with Crippen molar-refractivity contribution in [3.05, 3.63) is 18.0 Å². The molecular weight excluding hydrogens is 256 g/mol. The van der Waals surface area contributed by atoms with Crippen molar-refractivity contribution in [2.45, 2.75) is 25.4 Å². The monoisotopic (exact) mass is 278 g/mol. The molecule has 20 heavy (non-hydrogen) atoms. The maximum absolute atomic E-state index is 9.11. The van der Waals surface area contributed by atoms with Gasteiger partial charge in [-0.3, -0.25) is 4.90 Å². The second-order valence-corrected chi connectivity index (χ2v) is 5.42. The minimum absolute atomic E-state index is 0.212. The van der Waals surface area contributed by atoms with Crippen molar-refractivity contribution in [3.63, 3.8) is 0 Å². The summed E-state index contributed by atoms with van der Waals surface area (Å²) < 4.78 is 5.33. The van der Waals surface area contributed by atoms with E-state index in [0.29, 0.717) is 6.04 Å². The van der Waals surface area contributed by atoms with Crippen molar-refractivity contribution in [1.29, 1.82) is 0 Å². The van der Waals surface area contributed by atoms with E-state index in [1.807, 2.05) is 12.4 Å². The molecule has 1 saturated carbocycles. The van der Waals surface area contributed by atoms with Crippen LogP contribution in [0.3, 0.4) is 0 Å². The quantitative estimate of drug-likeness (QED) is 0.806. The second-order valence-electron chi connectivity index (χ2n) is 5.42. The normalized spacial score (nSPS) is 19.6. The molecule has 0 spiro atoms. The Balaban J connectivity index is 1.60. The molecule has 0 unspecified atom stereocenters. The zero-order valence-electron chi connectivity index (χ0n) is 11.7. The van der Waals surface area contributed by atoms with Crippen LogP contribution in [0.25, 0.3) is 0 Å². The molecule has 1 aliphatic heterocycles. The summed E-state index contributed by atoms with van der Waals surface area (Å²) in [5.74, 6) is 0.789. The van der Waals surface area contributed by atoms with Crippen molar-refractivity contribution < 1.29 is 9.84 Å². The number of rotatable bonds is 6. The number of anilines is 1. The molecule has 0 radical (unpaired) electrons. The minimum Gasteiger partial charge on any atom is -0.395 e. The molecule has 0 atom stereocenters. The van der Waals surface area contributed by atoms with Crippen LogP contribution in [0.15, 0.2) is 12.4 Å². The second kappa shape index (κ2) is 6.47. The Morgan fingerprint density at radius 3 is 2.55 bits per heavy atom. The van der Waals surface area contributed by atoms with E-state index in [9.17, 15) is 0 Å². The highest BCUT2D eigenvalue weighted by atomic mass is 16.5. The Kier molecular flexibility index (Phi) is 4.44. The average Bonchev–Trinajstić information content (AvgIpc) is 3.33. The number of aliphatic hydroxyl groups excluding tert-OH is 1. The van der Waals surface area contributed by atoms with Crippen LogP contribution < -0.4 is 4.90 Å². The summed E-state index contributed by atoms with van der Waals surface area (Å²) in [6, 6.07) is 0.640. The van der Waals surface area contributed by atoms with E-state index in [1.54, 1.807) is 0 Å². The fourth-order valence-corrected chi connectivity index (χ4v) is 2.55. The Morgan fingerprint density at radius 2 is 1.95 bits per heavy atom. The highest BCUT2D eigenvalue weighted by molar-refractivity contribution is 5.30. The summed E-state index contributed by atoms with van der Waals surface area (Å²) in [7, 11) is 0. The Labute approximate surface area is 119 Å². The summed E-state index contributed by atoms with van der Waals surface area (Å²) in [6.45, 7) is 4.98. The van der Waals surface area contributed by atoms with E-state index in [1.165, 1.54) is 12.8 Å². The van der Waals surface area contributed by atoms with Gasteiger partial charge in [-0.2, -0.15) is 0 Å².